The first-order valence-corrected chi connectivity index (χ1v) is 4.90. The van der Waals surface area contributed by atoms with Crippen molar-refractivity contribution in [3.05, 3.63) is 11.6 Å². The standard InChI is InChI=1S/C9H15N5/c1-7-11-8(2)13-9(12-7)14-5-3-10-4-6-14/h10H,3-6H2,1-2H3. The van der Waals surface area contributed by atoms with E-state index in [1.165, 1.54) is 0 Å². The molecule has 5 heteroatoms. The molecule has 1 saturated heterocycles. The predicted octanol–water partition coefficient (Wildman–Crippen LogP) is -0.102. The third kappa shape index (κ3) is 1.98. The molecule has 14 heavy (non-hydrogen) atoms. The van der Waals surface area contributed by atoms with E-state index in [0.717, 1.165) is 43.8 Å². The van der Waals surface area contributed by atoms with Crippen molar-refractivity contribution in [2.75, 3.05) is 31.1 Å². The van der Waals surface area contributed by atoms with Crippen LogP contribution in [0, 0.1) is 13.8 Å². The Morgan fingerprint density at radius 3 is 2.14 bits per heavy atom. The van der Waals surface area contributed by atoms with Crippen molar-refractivity contribution in [3.63, 3.8) is 0 Å². The lowest BCUT2D eigenvalue weighted by Crippen LogP contribution is -2.44. The monoisotopic (exact) mass is 193 g/mol. The Hall–Kier alpha value is -1.23. The zero-order valence-corrected chi connectivity index (χ0v) is 8.62. The molecule has 0 unspecified atom stereocenters. The molecule has 1 aromatic heterocycles. The zero-order chi connectivity index (χ0) is 9.97. The summed E-state index contributed by atoms with van der Waals surface area (Å²) in [4.78, 5) is 15.0. The highest BCUT2D eigenvalue weighted by Crippen LogP contribution is 2.07. The minimum absolute atomic E-state index is 0.797. The third-order valence-corrected chi connectivity index (χ3v) is 2.25. The van der Waals surface area contributed by atoms with Crippen LogP contribution in [0.3, 0.4) is 0 Å². The molecule has 2 heterocycles. The molecule has 76 valence electrons. The summed E-state index contributed by atoms with van der Waals surface area (Å²) in [5.41, 5.74) is 0. The SMILES string of the molecule is Cc1nc(C)nc(N2CCNCC2)n1. The third-order valence-electron chi connectivity index (χ3n) is 2.25. The highest BCUT2D eigenvalue weighted by molar-refractivity contribution is 5.30. The highest BCUT2D eigenvalue weighted by Gasteiger charge is 2.13. The number of nitrogens with zero attached hydrogens (tertiary/aromatic N) is 4. The number of aryl methyl sites for hydroxylation is 2. The van der Waals surface area contributed by atoms with Gasteiger partial charge in [0, 0.05) is 26.2 Å². The van der Waals surface area contributed by atoms with E-state index in [-0.39, 0.29) is 0 Å². The lowest BCUT2D eigenvalue weighted by molar-refractivity contribution is 0.577. The fourth-order valence-corrected chi connectivity index (χ4v) is 1.60. The lowest BCUT2D eigenvalue weighted by Gasteiger charge is -2.27. The van der Waals surface area contributed by atoms with Crippen molar-refractivity contribution >= 4 is 5.95 Å². The Morgan fingerprint density at radius 2 is 1.57 bits per heavy atom. The Balaban J connectivity index is 2.21. The number of nitrogens with one attached hydrogen (secondary N) is 1. The molecule has 1 aliphatic heterocycles. The van der Waals surface area contributed by atoms with Crippen molar-refractivity contribution in [1.29, 1.82) is 0 Å². The molecule has 1 fully saturated rings. The van der Waals surface area contributed by atoms with E-state index in [4.69, 9.17) is 0 Å². The van der Waals surface area contributed by atoms with E-state index < -0.39 is 0 Å². The molecule has 5 nitrogen and oxygen atoms in total. The van der Waals surface area contributed by atoms with Crippen molar-refractivity contribution in [1.82, 2.24) is 20.3 Å². The van der Waals surface area contributed by atoms with Gasteiger partial charge in [-0.3, -0.25) is 0 Å². The fraction of sp³-hybridized carbons (Fsp3) is 0.667. The molecular weight excluding hydrogens is 178 g/mol. The van der Waals surface area contributed by atoms with Crippen LogP contribution in [0.5, 0.6) is 0 Å². The number of rotatable bonds is 1. The van der Waals surface area contributed by atoms with E-state index in [0.29, 0.717) is 0 Å². The molecule has 0 aliphatic carbocycles. The Bertz CT molecular complexity index is 299. The van der Waals surface area contributed by atoms with Gasteiger partial charge in [0.05, 0.1) is 0 Å². The van der Waals surface area contributed by atoms with Crippen LogP contribution in [0.25, 0.3) is 0 Å². The van der Waals surface area contributed by atoms with Crippen LogP contribution in [-0.4, -0.2) is 41.1 Å². The predicted molar refractivity (Wildman–Crippen MR) is 54.4 cm³/mol. The van der Waals surface area contributed by atoms with Crippen LogP contribution in [0.2, 0.25) is 0 Å². The molecule has 0 saturated carbocycles. The van der Waals surface area contributed by atoms with E-state index >= 15 is 0 Å². The van der Waals surface area contributed by atoms with Crippen LogP contribution < -0.4 is 10.2 Å². The Labute approximate surface area is 83.6 Å². The molecule has 0 amide bonds. The van der Waals surface area contributed by atoms with E-state index in [1.54, 1.807) is 0 Å². The van der Waals surface area contributed by atoms with Crippen LogP contribution in [0.1, 0.15) is 11.6 Å². The molecule has 1 N–H and O–H groups in total. The van der Waals surface area contributed by atoms with Gasteiger partial charge < -0.3 is 10.2 Å². The van der Waals surface area contributed by atoms with Crippen molar-refractivity contribution in [2.45, 2.75) is 13.8 Å². The molecular formula is C9H15N5. The number of piperazine rings is 1. The zero-order valence-electron chi connectivity index (χ0n) is 8.62. The minimum atomic E-state index is 0.797. The molecule has 0 atom stereocenters. The first-order valence-electron chi connectivity index (χ1n) is 4.90. The van der Waals surface area contributed by atoms with Gasteiger partial charge in [0.25, 0.3) is 0 Å². The molecule has 0 radical (unpaired) electrons. The maximum Gasteiger partial charge on any atom is 0.228 e. The maximum atomic E-state index is 4.33. The van der Waals surface area contributed by atoms with Gasteiger partial charge in [0.1, 0.15) is 11.6 Å². The molecule has 2 rings (SSSR count). The van der Waals surface area contributed by atoms with Gasteiger partial charge in [-0.1, -0.05) is 0 Å². The summed E-state index contributed by atoms with van der Waals surface area (Å²) >= 11 is 0. The van der Waals surface area contributed by atoms with E-state index in [1.807, 2.05) is 13.8 Å². The second kappa shape index (κ2) is 3.88. The molecule has 1 aliphatic rings. The summed E-state index contributed by atoms with van der Waals surface area (Å²) in [7, 11) is 0. The first-order chi connectivity index (χ1) is 6.75. The average Bonchev–Trinajstić information content (AvgIpc) is 2.18. The quantitative estimate of drug-likeness (QED) is 0.675. The van der Waals surface area contributed by atoms with Crippen LogP contribution >= 0.6 is 0 Å². The summed E-state index contributed by atoms with van der Waals surface area (Å²) in [6.45, 7) is 7.76. The van der Waals surface area contributed by atoms with Gasteiger partial charge in [0.15, 0.2) is 0 Å². The first kappa shape index (κ1) is 9.33. The number of hydrogen-bond acceptors (Lipinski definition) is 5. The number of aromatic nitrogens is 3. The number of anilines is 1. The number of hydrogen-bond donors (Lipinski definition) is 1. The molecule has 0 spiro atoms. The summed E-state index contributed by atoms with van der Waals surface area (Å²) in [5.74, 6) is 2.41. The molecule has 0 bridgehead atoms. The van der Waals surface area contributed by atoms with E-state index in [2.05, 4.69) is 25.2 Å². The van der Waals surface area contributed by atoms with Crippen LogP contribution in [0.4, 0.5) is 5.95 Å². The second-order valence-electron chi connectivity index (χ2n) is 3.47. The average molecular weight is 193 g/mol. The van der Waals surface area contributed by atoms with E-state index in [9.17, 15) is 0 Å². The van der Waals surface area contributed by atoms with Gasteiger partial charge >= 0.3 is 0 Å². The Morgan fingerprint density at radius 1 is 1.00 bits per heavy atom. The normalized spacial score (nSPS) is 17.1. The summed E-state index contributed by atoms with van der Waals surface area (Å²) in [6.07, 6.45) is 0. The minimum Gasteiger partial charge on any atom is -0.338 e. The van der Waals surface area contributed by atoms with Crippen LogP contribution in [0.15, 0.2) is 0 Å². The smallest absolute Gasteiger partial charge is 0.228 e. The topological polar surface area (TPSA) is 53.9 Å². The van der Waals surface area contributed by atoms with Crippen molar-refractivity contribution in [3.8, 4) is 0 Å². The molecule has 1 aromatic rings. The summed E-state index contributed by atoms with van der Waals surface area (Å²) < 4.78 is 0. The van der Waals surface area contributed by atoms with Gasteiger partial charge in [-0.25, -0.2) is 4.98 Å². The fourth-order valence-electron chi connectivity index (χ4n) is 1.60. The summed E-state index contributed by atoms with van der Waals surface area (Å²) in [5, 5.41) is 3.30. The van der Waals surface area contributed by atoms with Gasteiger partial charge in [-0.05, 0) is 13.8 Å². The second-order valence-corrected chi connectivity index (χ2v) is 3.47. The van der Waals surface area contributed by atoms with Crippen molar-refractivity contribution < 1.29 is 0 Å². The maximum absolute atomic E-state index is 4.33. The largest absolute Gasteiger partial charge is 0.338 e. The molecule has 0 aromatic carbocycles. The van der Waals surface area contributed by atoms with Crippen molar-refractivity contribution in [2.24, 2.45) is 0 Å². The Kier molecular flexibility index (Phi) is 2.58. The van der Waals surface area contributed by atoms with Gasteiger partial charge in [0.2, 0.25) is 5.95 Å². The van der Waals surface area contributed by atoms with Crippen LogP contribution in [-0.2, 0) is 0 Å². The summed E-state index contributed by atoms with van der Waals surface area (Å²) in [6, 6.07) is 0. The van der Waals surface area contributed by atoms with Gasteiger partial charge in [-0.15, -0.1) is 0 Å². The highest BCUT2D eigenvalue weighted by atomic mass is 15.3. The van der Waals surface area contributed by atoms with Gasteiger partial charge in [-0.2, -0.15) is 9.97 Å². The lowest BCUT2D eigenvalue weighted by atomic mass is 10.4.